The molecule has 0 spiro atoms. The molecule has 0 aliphatic carbocycles. The number of hydrogen-bond donors (Lipinski definition) is 1. The van der Waals surface area contributed by atoms with Crippen LogP contribution in [-0.2, 0) is 19.6 Å². The number of methoxy groups -OCH3 is 1. The van der Waals surface area contributed by atoms with Crippen LogP contribution in [0.3, 0.4) is 0 Å². The van der Waals surface area contributed by atoms with Crippen molar-refractivity contribution in [3.8, 4) is 0 Å². The molecule has 1 N–H and O–H groups in total. The molecule has 0 saturated heterocycles. The molecular formula is C14H15NO5S2. The van der Waals surface area contributed by atoms with Crippen molar-refractivity contribution in [1.29, 1.82) is 0 Å². The van der Waals surface area contributed by atoms with Crippen LogP contribution in [0, 0.1) is 6.92 Å². The molecule has 0 atom stereocenters. The first kappa shape index (κ1) is 18.1. The maximum atomic E-state index is 10.9. The predicted octanol–water partition coefficient (Wildman–Crippen LogP) is 2.57. The van der Waals surface area contributed by atoms with Gasteiger partial charge in [0.15, 0.2) is 0 Å². The van der Waals surface area contributed by atoms with E-state index in [9.17, 15) is 13.2 Å². The van der Waals surface area contributed by atoms with Crippen molar-refractivity contribution in [3.63, 3.8) is 0 Å². The van der Waals surface area contributed by atoms with Gasteiger partial charge in [0.25, 0.3) is 10.1 Å². The Morgan fingerprint density at radius 1 is 1.27 bits per heavy atom. The SMILES string of the molecule is COC(=O)C1=CC=CN=CS1.Cc1ccc(S(=O)(=O)O)cc1. The third-order valence-corrected chi connectivity index (χ3v) is 4.02. The lowest BCUT2D eigenvalue weighted by molar-refractivity contribution is -0.135. The molecule has 0 fully saturated rings. The normalized spacial score (nSPS) is 13.5. The van der Waals surface area contributed by atoms with E-state index < -0.39 is 10.1 Å². The first-order chi connectivity index (χ1) is 10.3. The molecule has 22 heavy (non-hydrogen) atoms. The second kappa shape index (κ2) is 8.52. The number of nitrogens with zero attached hydrogens (tertiary/aromatic N) is 1. The highest BCUT2D eigenvalue weighted by atomic mass is 32.2. The van der Waals surface area contributed by atoms with Crippen LogP contribution >= 0.6 is 11.8 Å². The van der Waals surface area contributed by atoms with E-state index >= 15 is 0 Å². The highest BCUT2D eigenvalue weighted by molar-refractivity contribution is 8.16. The molecule has 0 bridgehead atoms. The van der Waals surface area contributed by atoms with E-state index in [4.69, 9.17) is 4.55 Å². The van der Waals surface area contributed by atoms with Crippen LogP contribution in [-0.4, -0.2) is 31.6 Å². The Hall–Kier alpha value is -1.90. The molecule has 6 nitrogen and oxygen atoms in total. The zero-order valence-corrected chi connectivity index (χ0v) is 13.6. The summed E-state index contributed by atoms with van der Waals surface area (Å²) >= 11 is 1.25. The summed E-state index contributed by atoms with van der Waals surface area (Å²) < 4.78 is 34.1. The van der Waals surface area contributed by atoms with Gasteiger partial charge in [-0.15, -0.1) is 0 Å². The highest BCUT2D eigenvalue weighted by Crippen LogP contribution is 2.16. The lowest BCUT2D eigenvalue weighted by Gasteiger charge is -1.97. The van der Waals surface area contributed by atoms with E-state index in [1.807, 2.05) is 6.92 Å². The summed E-state index contributed by atoms with van der Waals surface area (Å²) in [7, 11) is -2.66. The van der Waals surface area contributed by atoms with Crippen LogP contribution in [0.5, 0.6) is 0 Å². The number of ether oxygens (including phenoxy) is 1. The van der Waals surface area contributed by atoms with Gasteiger partial charge < -0.3 is 4.74 Å². The fourth-order valence-corrected chi connectivity index (χ4v) is 2.33. The largest absolute Gasteiger partial charge is 0.465 e. The fourth-order valence-electron chi connectivity index (χ4n) is 1.27. The van der Waals surface area contributed by atoms with Crippen molar-refractivity contribution < 1.29 is 22.5 Å². The van der Waals surface area contributed by atoms with Gasteiger partial charge in [0, 0.05) is 6.20 Å². The van der Waals surface area contributed by atoms with Gasteiger partial charge in [0.2, 0.25) is 0 Å². The van der Waals surface area contributed by atoms with E-state index in [2.05, 4.69) is 9.73 Å². The minimum atomic E-state index is -4.02. The van der Waals surface area contributed by atoms with Gasteiger partial charge in [0.05, 0.1) is 22.5 Å². The van der Waals surface area contributed by atoms with Crippen molar-refractivity contribution in [3.05, 3.63) is 53.1 Å². The molecule has 1 aliphatic rings. The number of aryl methyl sites for hydroxylation is 1. The minimum Gasteiger partial charge on any atom is -0.465 e. The number of esters is 1. The van der Waals surface area contributed by atoms with Crippen molar-refractivity contribution in [2.45, 2.75) is 11.8 Å². The molecule has 0 unspecified atom stereocenters. The van der Waals surface area contributed by atoms with Gasteiger partial charge >= 0.3 is 5.97 Å². The highest BCUT2D eigenvalue weighted by Gasteiger charge is 2.08. The number of allylic oxidation sites excluding steroid dienone is 2. The molecular weight excluding hydrogens is 326 g/mol. The molecule has 1 aliphatic heterocycles. The van der Waals surface area contributed by atoms with Crippen LogP contribution in [0.15, 0.2) is 57.4 Å². The predicted molar refractivity (Wildman–Crippen MR) is 86.3 cm³/mol. The molecule has 1 aromatic carbocycles. The number of carbonyl (C=O) groups excluding carboxylic acids is 1. The van der Waals surface area contributed by atoms with Crippen LogP contribution in [0.4, 0.5) is 0 Å². The number of rotatable bonds is 2. The molecule has 0 radical (unpaired) electrons. The summed E-state index contributed by atoms with van der Waals surface area (Å²) in [5.41, 5.74) is 2.55. The van der Waals surface area contributed by atoms with Gasteiger partial charge in [-0.2, -0.15) is 8.42 Å². The van der Waals surface area contributed by atoms with Gasteiger partial charge in [0.1, 0.15) is 0 Å². The third-order valence-electron chi connectivity index (χ3n) is 2.37. The average molecular weight is 341 g/mol. The van der Waals surface area contributed by atoms with Gasteiger partial charge in [-0.3, -0.25) is 9.55 Å². The maximum absolute atomic E-state index is 10.9. The van der Waals surface area contributed by atoms with Crippen LogP contribution in [0.2, 0.25) is 0 Å². The van der Waals surface area contributed by atoms with E-state index in [0.29, 0.717) is 4.91 Å². The van der Waals surface area contributed by atoms with E-state index in [0.717, 1.165) is 5.56 Å². The number of hydrogen-bond acceptors (Lipinski definition) is 6. The second-order valence-electron chi connectivity index (χ2n) is 4.02. The average Bonchev–Trinajstić information content (AvgIpc) is 2.76. The first-order valence-corrected chi connectivity index (χ1v) is 8.34. The molecule has 0 aromatic heterocycles. The smallest absolute Gasteiger partial charge is 0.344 e. The molecule has 118 valence electrons. The maximum Gasteiger partial charge on any atom is 0.344 e. The summed E-state index contributed by atoms with van der Waals surface area (Å²) in [6.07, 6.45) is 4.98. The minimum absolute atomic E-state index is 0.0666. The Morgan fingerprint density at radius 2 is 1.91 bits per heavy atom. The molecule has 0 saturated carbocycles. The zero-order chi connectivity index (χ0) is 16.6. The van der Waals surface area contributed by atoms with E-state index in [1.54, 1.807) is 36.0 Å². The number of benzene rings is 1. The lowest BCUT2D eigenvalue weighted by atomic mass is 10.2. The molecule has 0 amide bonds. The Kier molecular flexibility index (Phi) is 7.03. The van der Waals surface area contributed by atoms with Crippen molar-refractivity contribution >= 4 is 33.4 Å². The summed E-state index contributed by atoms with van der Waals surface area (Å²) in [4.78, 5) is 15.2. The van der Waals surface area contributed by atoms with Gasteiger partial charge in [-0.25, -0.2) is 4.79 Å². The fraction of sp³-hybridized carbons (Fsp3) is 0.143. The third kappa shape index (κ3) is 6.25. The van der Waals surface area contributed by atoms with Crippen molar-refractivity contribution in [2.75, 3.05) is 7.11 Å². The van der Waals surface area contributed by atoms with Crippen molar-refractivity contribution in [1.82, 2.24) is 0 Å². The van der Waals surface area contributed by atoms with Crippen LogP contribution in [0.1, 0.15) is 5.56 Å². The van der Waals surface area contributed by atoms with Crippen molar-refractivity contribution in [2.24, 2.45) is 4.99 Å². The summed E-state index contributed by atoms with van der Waals surface area (Å²) in [6.45, 7) is 1.84. The van der Waals surface area contributed by atoms with E-state index in [1.165, 1.54) is 31.0 Å². The standard InChI is InChI=1S/C7H7NO2S.C7H8O3S/c1-10-7(9)6-3-2-4-8-5-11-6;1-6-2-4-7(5-3-6)11(8,9)10/h2-5H,1H3;2-5H,1H3,(H,8,9,10). The number of aliphatic imine (C=N–C) groups is 1. The monoisotopic (exact) mass is 341 g/mol. The summed E-state index contributed by atoms with van der Waals surface area (Å²) in [5.74, 6) is -0.326. The Balaban J connectivity index is 0.000000220. The summed E-state index contributed by atoms with van der Waals surface area (Å²) in [5, 5.41) is 0. The molecule has 1 heterocycles. The topological polar surface area (TPSA) is 93.0 Å². The van der Waals surface area contributed by atoms with Gasteiger partial charge in [-0.1, -0.05) is 29.5 Å². The van der Waals surface area contributed by atoms with Crippen LogP contribution in [0.25, 0.3) is 0 Å². The Labute approximate surface area is 133 Å². The lowest BCUT2D eigenvalue weighted by Crippen LogP contribution is -2.00. The van der Waals surface area contributed by atoms with E-state index in [-0.39, 0.29) is 10.9 Å². The van der Waals surface area contributed by atoms with Crippen LogP contribution < -0.4 is 0 Å². The zero-order valence-electron chi connectivity index (χ0n) is 12.0. The number of carbonyl (C=O) groups is 1. The first-order valence-electron chi connectivity index (χ1n) is 6.02. The quantitative estimate of drug-likeness (QED) is 0.656. The number of thioether (sulfide) groups is 1. The molecule has 8 heteroatoms. The second-order valence-corrected chi connectivity index (χ2v) is 6.33. The Bertz CT molecular complexity index is 703. The molecule has 1 aromatic rings. The van der Waals surface area contributed by atoms with Gasteiger partial charge in [-0.05, 0) is 31.2 Å². The molecule has 2 rings (SSSR count). The summed E-state index contributed by atoms with van der Waals surface area (Å²) in [6, 6.07) is 5.99. The Morgan fingerprint density at radius 3 is 2.45 bits per heavy atom.